The standard InChI is InChI=1S/C20H16O3S/c21-20(11-10-16-12-13-24-15-16)22-14-17-6-4-5-9-19(17)23-18-7-2-1-3-8-18/h1-13,15H,14H2/b11-10+. The monoisotopic (exact) mass is 336 g/mol. The Bertz CT molecular complexity index is 808. The Morgan fingerprint density at radius 2 is 1.79 bits per heavy atom. The molecule has 3 rings (SSSR count). The van der Waals surface area contributed by atoms with E-state index >= 15 is 0 Å². The van der Waals surface area contributed by atoms with Gasteiger partial charge in [0.15, 0.2) is 0 Å². The van der Waals surface area contributed by atoms with Crippen LogP contribution in [0.25, 0.3) is 6.08 Å². The molecule has 24 heavy (non-hydrogen) atoms. The van der Waals surface area contributed by atoms with E-state index in [4.69, 9.17) is 9.47 Å². The number of hydrogen-bond acceptors (Lipinski definition) is 4. The lowest BCUT2D eigenvalue weighted by atomic mass is 10.2. The molecule has 1 aromatic heterocycles. The van der Waals surface area contributed by atoms with Gasteiger partial charge < -0.3 is 9.47 Å². The molecule has 0 aliphatic rings. The third-order valence-corrected chi connectivity index (χ3v) is 3.97. The van der Waals surface area contributed by atoms with Gasteiger partial charge in [0, 0.05) is 11.6 Å². The summed E-state index contributed by atoms with van der Waals surface area (Å²) in [5.41, 5.74) is 1.81. The predicted molar refractivity (Wildman–Crippen MR) is 96.1 cm³/mol. The van der Waals surface area contributed by atoms with Gasteiger partial charge in [-0.1, -0.05) is 36.4 Å². The first-order valence-electron chi connectivity index (χ1n) is 7.49. The molecule has 0 N–H and O–H groups in total. The molecule has 120 valence electrons. The van der Waals surface area contributed by atoms with E-state index in [1.165, 1.54) is 6.08 Å². The molecule has 0 aliphatic carbocycles. The summed E-state index contributed by atoms with van der Waals surface area (Å²) in [5, 5.41) is 3.93. The van der Waals surface area contributed by atoms with Crippen molar-refractivity contribution < 1.29 is 14.3 Å². The molecule has 0 spiro atoms. The van der Waals surface area contributed by atoms with Gasteiger partial charge in [-0.15, -0.1) is 0 Å². The van der Waals surface area contributed by atoms with E-state index in [0.717, 1.165) is 16.9 Å². The Labute approximate surface area is 144 Å². The lowest BCUT2D eigenvalue weighted by Crippen LogP contribution is -2.02. The van der Waals surface area contributed by atoms with Crippen molar-refractivity contribution in [3.8, 4) is 11.5 Å². The highest BCUT2D eigenvalue weighted by molar-refractivity contribution is 7.08. The Morgan fingerprint density at radius 1 is 1.00 bits per heavy atom. The lowest BCUT2D eigenvalue weighted by molar-refractivity contribution is -0.138. The molecule has 4 heteroatoms. The molecule has 1 heterocycles. The van der Waals surface area contributed by atoms with Crippen LogP contribution in [0.15, 0.2) is 77.5 Å². The first kappa shape index (κ1) is 16.0. The third-order valence-electron chi connectivity index (χ3n) is 3.27. The number of para-hydroxylation sites is 2. The molecular formula is C20H16O3S. The number of carbonyl (C=O) groups excluding carboxylic acids is 1. The topological polar surface area (TPSA) is 35.5 Å². The fraction of sp³-hybridized carbons (Fsp3) is 0.0500. The number of carbonyl (C=O) groups is 1. The number of esters is 1. The number of thiophene rings is 1. The van der Waals surface area contributed by atoms with E-state index in [2.05, 4.69) is 0 Å². The number of rotatable bonds is 6. The van der Waals surface area contributed by atoms with Crippen molar-refractivity contribution in [2.24, 2.45) is 0 Å². The number of benzene rings is 2. The predicted octanol–water partition coefficient (Wildman–Crippen LogP) is 5.30. The van der Waals surface area contributed by atoms with Gasteiger partial charge in [0.25, 0.3) is 0 Å². The van der Waals surface area contributed by atoms with Gasteiger partial charge in [0.1, 0.15) is 18.1 Å². The first-order chi connectivity index (χ1) is 11.8. The molecule has 0 unspecified atom stereocenters. The first-order valence-corrected chi connectivity index (χ1v) is 8.43. The molecule has 0 aliphatic heterocycles. The maximum atomic E-state index is 11.8. The molecule has 0 fully saturated rings. The zero-order chi connectivity index (χ0) is 16.6. The van der Waals surface area contributed by atoms with Crippen molar-refractivity contribution in [2.45, 2.75) is 6.61 Å². The maximum Gasteiger partial charge on any atom is 0.331 e. The van der Waals surface area contributed by atoms with Crippen LogP contribution in [-0.2, 0) is 16.1 Å². The second-order valence-electron chi connectivity index (χ2n) is 5.02. The summed E-state index contributed by atoms with van der Waals surface area (Å²) in [5.74, 6) is 1.04. The van der Waals surface area contributed by atoms with E-state index in [1.54, 1.807) is 17.4 Å². The van der Waals surface area contributed by atoms with Crippen LogP contribution in [-0.4, -0.2) is 5.97 Å². The van der Waals surface area contributed by atoms with Crippen LogP contribution < -0.4 is 4.74 Å². The van der Waals surface area contributed by atoms with Crippen LogP contribution in [0.3, 0.4) is 0 Å². The molecule has 0 atom stereocenters. The summed E-state index contributed by atoms with van der Waals surface area (Å²) >= 11 is 1.58. The van der Waals surface area contributed by atoms with Crippen molar-refractivity contribution in [1.29, 1.82) is 0 Å². The number of hydrogen-bond donors (Lipinski definition) is 0. The molecule has 0 radical (unpaired) electrons. The minimum absolute atomic E-state index is 0.163. The summed E-state index contributed by atoms with van der Waals surface area (Å²) in [4.78, 5) is 11.8. The van der Waals surface area contributed by atoms with Crippen LogP contribution in [0.4, 0.5) is 0 Å². The van der Waals surface area contributed by atoms with E-state index in [9.17, 15) is 4.79 Å². The fourth-order valence-corrected chi connectivity index (χ4v) is 2.70. The van der Waals surface area contributed by atoms with Crippen LogP contribution in [0.5, 0.6) is 11.5 Å². The summed E-state index contributed by atoms with van der Waals surface area (Å²) < 4.78 is 11.2. The minimum Gasteiger partial charge on any atom is -0.458 e. The van der Waals surface area contributed by atoms with Gasteiger partial charge in [-0.25, -0.2) is 4.79 Å². The summed E-state index contributed by atoms with van der Waals surface area (Å²) in [6.07, 6.45) is 3.17. The molecule has 0 saturated carbocycles. The van der Waals surface area contributed by atoms with Gasteiger partial charge in [-0.05, 0) is 46.7 Å². The molecule has 3 aromatic rings. The van der Waals surface area contributed by atoms with Gasteiger partial charge in [-0.3, -0.25) is 0 Å². The summed E-state index contributed by atoms with van der Waals surface area (Å²) in [6.45, 7) is 0.163. The maximum absolute atomic E-state index is 11.8. The molecule has 0 bridgehead atoms. The van der Waals surface area contributed by atoms with Crippen LogP contribution in [0.2, 0.25) is 0 Å². The van der Waals surface area contributed by atoms with E-state index in [1.807, 2.05) is 71.4 Å². The smallest absolute Gasteiger partial charge is 0.331 e. The van der Waals surface area contributed by atoms with Crippen LogP contribution in [0.1, 0.15) is 11.1 Å². The largest absolute Gasteiger partial charge is 0.458 e. The highest BCUT2D eigenvalue weighted by Crippen LogP contribution is 2.25. The van der Waals surface area contributed by atoms with Crippen molar-refractivity contribution in [3.05, 3.63) is 88.6 Å². The van der Waals surface area contributed by atoms with Gasteiger partial charge in [0.2, 0.25) is 0 Å². The van der Waals surface area contributed by atoms with Crippen molar-refractivity contribution in [2.75, 3.05) is 0 Å². The van der Waals surface area contributed by atoms with E-state index < -0.39 is 0 Å². The molecular weight excluding hydrogens is 320 g/mol. The van der Waals surface area contributed by atoms with Crippen molar-refractivity contribution in [1.82, 2.24) is 0 Å². The third kappa shape index (κ3) is 4.57. The summed E-state index contributed by atoms with van der Waals surface area (Å²) in [6, 6.07) is 19.0. The Hall–Kier alpha value is -2.85. The van der Waals surface area contributed by atoms with Crippen LogP contribution in [0, 0.1) is 0 Å². The molecule has 0 saturated heterocycles. The molecule has 3 nitrogen and oxygen atoms in total. The normalized spacial score (nSPS) is 10.7. The van der Waals surface area contributed by atoms with Gasteiger partial charge in [-0.2, -0.15) is 11.3 Å². The lowest BCUT2D eigenvalue weighted by Gasteiger charge is -2.11. The zero-order valence-electron chi connectivity index (χ0n) is 12.9. The average molecular weight is 336 g/mol. The molecule has 0 amide bonds. The van der Waals surface area contributed by atoms with Crippen molar-refractivity contribution >= 4 is 23.4 Å². The second-order valence-corrected chi connectivity index (χ2v) is 5.80. The Balaban J connectivity index is 1.62. The molecule has 2 aromatic carbocycles. The van der Waals surface area contributed by atoms with E-state index in [-0.39, 0.29) is 12.6 Å². The number of ether oxygens (including phenoxy) is 2. The second kappa shape index (κ2) is 8.13. The highest BCUT2D eigenvalue weighted by Gasteiger charge is 2.06. The minimum atomic E-state index is -0.379. The van der Waals surface area contributed by atoms with Crippen LogP contribution >= 0.6 is 11.3 Å². The zero-order valence-corrected chi connectivity index (χ0v) is 13.7. The quantitative estimate of drug-likeness (QED) is 0.453. The summed E-state index contributed by atoms with van der Waals surface area (Å²) in [7, 11) is 0. The highest BCUT2D eigenvalue weighted by atomic mass is 32.1. The SMILES string of the molecule is O=C(/C=C/c1ccsc1)OCc1ccccc1Oc1ccccc1. The Morgan fingerprint density at radius 3 is 2.58 bits per heavy atom. The van der Waals surface area contributed by atoms with Gasteiger partial charge >= 0.3 is 5.97 Å². The van der Waals surface area contributed by atoms with E-state index in [0.29, 0.717) is 5.75 Å². The van der Waals surface area contributed by atoms with Gasteiger partial charge in [0.05, 0.1) is 0 Å². The average Bonchev–Trinajstić information content (AvgIpc) is 3.14. The Kier molecular flexibility index (Phi) is 5.43. The fourth-order valence-electron chi connectivity index (χ4n) is 2.07. The van der Waals surface area contributed by atoms with Crippen molar-refractivity contribution in [3.63, 3.8) is 0 Å².